The third-order valence-corrected chi connectivity index (χ3v) is 6.98. The molecular formula is C17H22N2O5S. The number of fused-ring (bicyclic) bond motifs is 1. The van der Waals surface area contributed by atoms with Crippen molar-refractivity contribution in [3.63, 3.8) is 0 Å². The van der Waals surface area contributed by atoms with Gasteiger partial charge in [0.15, 0.2) is 11.5 Å². The fourth-order valence-electron chi connectivity index (χ4n) is 3.33. The molecule has 136 valence electrons. The van der Waals surface area contributed by atoms with Crippen LogP contribution in [0.3, 0.4) is 0 Å². The fourth-order valence-corrected chi connectivity index (χ4v) is 4.97. The van der Waals surface area contributed by atoms with E-state index in [-0.39, 0.29) is 16.7 Å². The Morgan fingerprint density at radius 3 is 2.24 bits per heavy atom. The number of hydrogen-bond donors (Lipinski definition) is 0. The van der Waals surface area contributed by atoms with E-state index in [1.807, 2.05) is 0 Å². The first-order chi connectivity index (χ1) is 12.0. The van der Waals surface area contributed by atoms with Crippen LogP contribution in [0, 0.1) is 12.8 Å². The van der Waals surface area contributed by atoms with E-state index in [0.29, 0.717) is 56.5 Å². The van der Waals surface area contributed by atoms with Crippen LogP contribution >= 0.6 is 0 Å². The number of ether oxygens (including phenoxy) is 2. The van der Waals surface area contributed by atoms with Crippen molar-refractivity contribution < 1.29 is 22.7 Å². The molecule has 1 aliphatic carbocycles. The highest BCUT2D eigenvalue weighted by atomic mass is 32.2. The molecular weight excluding hydrogens is 344 g/mol. The smallest absolute Gasteiger partial charge is 0.243 e. The van der Waals surface area contributed by atoms with Crippen LogP contribution in [0.1, 0.15) is 18.4 Å². The van der Waals surface area contributed by atoms with Crippen molar-refractivity contribution in [1.29, 1.82) is 0 Å². The molecule has 4 rings (SSSR count). The molecule has 1 saturated heterocycles. The van der Waals surface area contributed by atoms with E-state index in [4.69, 9.17) is 9.47 Å². The van der Waals surface area contributed by atoms with Gasteiger partial charge in [0, 0.05) is 38.2 Å². The minimum Gasteiger partial charge on any atom is -0.486 e. The zero-order valence-corrected chi connectivity index (χ0v) is 15.0. The number of nitrogens with zero attached hydrogens (tertiary/aromatic N) is 2. The quantitative estimate of drug-likeness (QED) is 0.798. The monoisotopic (exact) mass is 366 g/mol. The molecule has 1 saturated carbocycles. The lowest BCUT2D eigenvalue weighted by Gasteiger charge is -2.34. The van der Waals surface area contributed by atoms with E-state index in [1.165, 1.54) is 4.31 Å². The second kappa shape index (κ2) is 6.17. The zero-order chi connectivity index (χ0) is 17.6. The van der Waals surface area contributed by atoms with Gasteiger partial charge in [0.1, 0.15) is 13.2 Å². The van der Waals surface area contributed by atoms with E-state index in [2.05, 4.69) is 0 Å². The number of carbonyl (C=O) groups is 1. The molecule has 1 aromatic rings. The van der Waals surface area contributed by atoms with Gasteiger partial charge in [-0.3, -0.25) is 4.79 Å². The van der Waals surface area contributed by atoms with E-state index in [1.54, 1.807) is 24.0 Å². The summed E-state index contributed by atoms with van der Waals surface area (Å²) >= 11 is 0. The minimum atomic E-state index is -3.62. The van der Waals surface area contributed by atoms with Crippen LogP contribution in [0.25, 0.3) is 0 Å². The summed E-state index contributed by atoms with van der Waals surface area (Å²) in [6.45, 7) is 4.21. The number of carbonyl (C=O) groups excluding carboxylic acids is 1. The molecule has 0 aromatic heterocycles. The van der Waals surface area contributed by atoms with Gasteiger partial charge in [-0.05, 0) is 31.4 Å². The second-order valence-corrected chi connectivity index (χ2v) is 8.67. The maximum atomic E-state index is 13.0. The number of aryl methyl sites for hydroxylation is 1. The molecule has 2 aliphatic heterocycles. The number of amides is 1. The van der Waals surface area contributed by atoms with Crippen molar-refractivity contribution >= 4 is 15.9 Å². The minimum absolute atomic E-state index is 0.170. The van der Waals surface area contributed by atoms with Gasteiger partial charge in [0.2, 0.25) is 15.9 Å². The Bertz CT molecular complexity index is 796. The van der Waals surface area contributed by atoms with Gasteiger partial charge in [0.25, 0.3) is 0 Å². The summed E-state index contributed by atoms with van der Waals surface area (Å²) < 4.78 is 38.6. The predicted molar refractivity (Wildman–Crippen MR) is 90.2 cm³/mol. The number of piperazine rings is 1. The molecule has 0 spiro atoms. The number of sulfonamides is 1. The van der Waals surface area contributed by atoms with E-state index in [0.717, 1.165) is 12.8 Å². The Hall–Kier alpha value is -1.80. The summed E-state index contributed by atoms with van der Waals surface area (Å²) in [5.41, 5.74) is 0.640. The van der Waals surface area contributed by atoms with E-state index in [9.17, 15) is 13.2 Å². The SMILES string of the molecule is Cc1cc2c(cc1S(=O)(=O)N1CCN(C(=O)C3CC3)CC1)OCCO2. The lowest BCUT2D eigenvalue weighted by Crippen LogP contribution is -2.51. The molecule has 7 nitrogen and oxygen atoms in total. The largest absolute Gasteiger partial charge is 0.486 e. The standard InChI is InChI=1S/C17H22N2O5S/c1-12-10-14-15(24-9-8-23-14)11-16(12)25(21,22)19-6-4-18(5-7-19)17(20)13-2-3-13/h10-11,13H,2-9H2,1H3. The zero-order valence-electron chi connectivity index (χ0n) is 14.2. The summed E-state index contributed by atoms with van der Waals surface area (Å²) in [5, 5.41) is 0. The molecule has 0 unspecified atom stereocenters. The summed E-state index contributed by atoms with van der Waals surface area (Å²) in [6, 6.07) is 3.27. The first kappa shape index (κ1) is 16.7. The Balaban J connectivity index is 1.53. The summed E-state index contributed by atoms with van der Waals surface area (Å²) in [4.78, 5) is 14.2. The topological polar surface area (TPSA) is 76.2 Å². The van der Waals surface area contributed by atoms with Crippen LogP contribution in [-0.4, -0.2) is 62.9 Å². The number of rotatable bonds is 3. The molecule has 0 radical (unpaired) electrons. The molecule has 8 heteroatoms. The van der Waals surface area contributed by atoms with Gasteiger partial charge in [-0.2, -0.15) is 4.31 Å². The molecule has 0 N–H and O–H groups in total. The Morgan fingerprint density at radius 2 is 1.64 bits per heavy atom. The highest BCUT2D eigenvalue weighted by Gasteiger charge is 2.37. The first-order valence-electron chi connectivity index (χ1n) is 8.66. The Kier molecular flexibility index (Phi) is 4.11. The number of benzene rings is 1. The molecule has 1 aromatic carbocycles. The third-order valence-electron chi connectivity index (χ3n) is 4.93. The summed E-state index contributed by atoms with van der Waals surface area (Å²) in [7, 11) is -3.62. The van der Waals surface area contributed by atoms with Crippen molar-refractivity contribution in [3.05, 3.63) is 17.7 Å². The average Bonchev–Trinajstić information content (AvgIpc) is 3.45. The lowest BCUT2D eigenvalue weighted by molar-refractivity contribution is -0.133. The normalized spacial score (nSPS) is 21.2. The van der Waals surface area contributed by atoms with Crippen molar-refractivity contribution in [2.24, 2.45) is 5.92 Å². The van der Waals surface area contributed by atoms with Crippen LogP contribution in [-0.2, 0) is 14.8 Å². The summed E-state index contributed by atoms with van der Waals surface area (Å²) in [6.07, 6.45) is 1.93. The van der Waals surface area contributed by atoms with E-state index < -0.39 is 10.0 Å². The number of hydrogen-bond acceptors (Lipinski definition) is 5. The average molecular weight is 366 g/mol. The Morgan fingerprint density at radius 1 is 1.04 bits per heavy atom. The van der Waals surface area contributed by atoms with E-state index >= 15 is 0 Å². The highest BCUT2D eigenvalue weighted by molar-refractivity contribution is 7.89. The predicted octanol–water partition coefficient (Wildman–Crippen LogP) is 1.01. The van der Waals surface area contributed by atoms with Gasteiger partial charge in [0.05, 0.1) is 4.90 Å². The molecule has 2 fully saturated rings. The van der Waals surface area contributed by atoms with Crippen LogP contribution < -0.4 is 9.47 Å². The molecule has 3 aliphatic rings. The lowest BCUT2D eigenvalue weighted by atomic mass is 10.2. The van der Waals surface area contributed by atoms with Gasteiger partial charge in [-0.15, -0.1) is 0 Å². The maximum absolute atomic E-state index is 13.0. The molecule has 2 heterocycles. The van der Waals surface area contributed by atoms with Crippen molar-refractivity contribution in [2.75, 3.05) is 39.4 Å². The fraction of sp³-hybridized carbons (Fsp3) is 0.588. The van der Waals surface area contributed by atoms with Gasteiger partial charge in [-0.25, -0.2) is 8.42 Å². The van der Waals surface area contributed by atoms with Crippen molar-refractivity contribution in [1.82, 2.24) is 9.21 Å². The van der Waals surface area contributed by atoms with Gasteiger partial charge < -0.3 is 14.4 Å². The van der Waals surface area contributed by atoms with Crippen molar-refractivity contribution in [3.8, 4) is 11.5 Å². The molecule has 25 heavy (non-hydrogen) atoms. The molecule has 0 bridgehead atoms. The van der Waals surface area contributed by atoms with Gasteiger partial charge >= 0.3 is 0 Å². The van der Waals surface area contributed by atoms with Crippen LogP contribution in [0.5, 0.6) is 11.5 Å². The molecule has 0 atom stereocenters. The maximum Gasteiger partial charge on any atom is 0.243 e. The van der Waals surface area contributed by atoms with Crippen LogP contribution in [0.2, 0.25) is 0 Å². The van der Waals surface area contributed by atoms with Crippen LogP contribution in [0.4, 0.5) is 0 Å². The third kappa shape index (κ3) is 3.08. The molecule has 1 amide bonds. The van der Waals surface area contributed by atoms with Crippen molar-refractivity contribution in [2.45, 2.75) is 24.7 Å². The summed E-state index contributed by atoms with van der Waals surface area (Å²) in [5.74, 6) is 1.40. The first-order valence-corrected chi connectivity index (χ1v) is 10.1. The Labute approximate surface area is 147 Å². The van der Waals surface area contributed by atoms with Gasteiger partial charge in [-0.1, -0.05) is 0 Å². The van der Waals surface area contributed by atoms with Crippen LogP contribution in [0.15, 0.2) is 17.0 Å². The highest BCUT2D eigenvalue weighted by Crippen LogP contribution is 2.36. The second-order valence-electron chi connectivity index (χ2n) is 6.77.